The maximum Gasteiger partial charge on any atom is 0.124 e. The van der Waals surface area contributed by atoms with Gasteiger partial charge in [0.25, 0.3) is 0 Å². The highest BCUT2D eigenvalue weighted by Crippen LogP contribution is 2.28. The molecule has 0 bridgehead atoms. The summed E-state index contributed by atoms with van der Waals surface area (Å²) in [5, 5.41) is 0. The Bertz CT molecular complexity index is 493. The molecule has 0 saturated heterocycles. The molecule has 0 saturated carbocycles. The number of nitrogens with two attached hydrogens (primary N) is 1. The van der Waals surface area contributed by atoms with Crippen LogP contribution in [0, 0.1) is 0 Å². The first kappa shape index (κ1) is 12.7. The van der Waals surface area contributed by atoms with Gasteiger partial charge in [-0.1, -0.05) is 48.5 Å². The van der Waals surface area contributed by atoms with Crippen molar-refractivity contribution in [2.24, 2.45) is 5.73 Å². The predicted molar refractivity (Wildman–Crippen MR) is 74.5 cm³/mol. The maximum atomic E-state index is 6.01. The highest BCUT2D eigenvalue weighted by Gasteiger charge is 2.11. The zero-order valence-electron chi connectivity index (χ0n) is 10.8. The van der Waals surface area contributed by atoms with E-state index in [1.54, 1.807) is 0 Å². The minimum absolute atomic E-state index is 0.0195. The Balaban J connectivity index is 2.19. The molecule has 0 heterocycles. The van der Waals surface area contributed by atoms with E-state index >= 15 is 0 Å². The van der Waals surface area contributed by atoms with E-state index < -0.39 is 0 Å². The molecule has 2 unspecified atom stereocenters. The third-order valence-electron chi connectivity index (χ3n) is 2.98. The second-order valence-electron chi connectivity index (χ2n) is 4.50. The molecular weight excluding hydrogens is 222 g/mol. The molecule has 2 aromatic carbocycles. The van der Waals surface area contributed by atoms with Crippen molar-refractivity contribution in [3.05, 3.63) is 65.7 Å². The summed E-state index contributed by atoms with van der Waals surface area (Å²) in [7, 11) is 0. The van der Waals surface area contributed by atoms with Crippen LogP contribution in [0.4, 0.5) is 0 Å². The number of hydrogen-bond donors (Lipinski definition) is 1. The molecule has 0 spiro atoms. The highest BCUT2D eigenvalue weighted by molar-refractivity contribution is 5.36. The molecule has 0 fully saturated rings. The van der Waals surface area contributed by atoms with E-state index in [-0.39, 0.29) is 12.1 Å². The van der Waals surface area contributed by atoms with Gasteiger partial charge in [0.2, 0.25) is 0 Å². The fourth-order valence-electron chi connectivity index (χ4n) is 1.95. The molecule has 2 aromatic rings. The fourth-order valence-corrected chi connectivity index (χ4v) is 1.95. The summed E-state index contributed by atoms with van der Waals surface area (Å²) in [4.78, 5) is 0. The van der Waals surface area contributed by atoms with Crippen LogP contribution in [-0.4, -0.2) is 0 Å². The number of rotatable bonds is 4. The van der Waals surface area contributed by atoms with E-state index in [1.165, 1.54) is 0 Å². The molecule has 94 valence electrons. The highest BCUT2D eigenvalue weighted by atomic mass is 16.5. The van der Waals surface area contributed by atoms with Crippen LogP contribution >= 0.6 is 0 Å². The lowest BCUT2D eigenvalue weighted by Gasteiger charge is -2.19. The normalized spacial score (nSPS) is 13.9. The van der Waals surface area contributed by atoms with Crippen molar-refractivity contribution in [3.8, 4) is 5.75 Å². The zero-order valence-corrected chi connectivity index (χ0v) is 10.8. The predicted octanol–water partition coefficient (Wildman–Crippen LogP) is 3.85. The molecule has 2 N–H and O–H groups in total. The van der Waals surface area contributed by atoms with Crippen LogP contribution in [0.1, 0.15) is 37.1 Å². The molecule has 0 aliphatic heterocycles. The van der Waals surface area contributed by atoms with E-state index in [4.69, 9.17) is 10.5 Å². The Morgan fingerprint density at radius 3 is 2.17 bits per heavy atom. The smallest absolute Gasteiger partial charge is 0.124 e. The third-order valence-corrected chi connectivity index (χ3v) is 2.98. The van der Waals surface area contributed by atoms with Crippen molar-refractivity contribution in [1.29, 1.82) is 0 Å². The van der Waals surface area contributed by atoms with Crippen LogP contribution in [-0.2, 0) is 0 Å². The molecule has 0 radical (unpaired) electrons. The Labute approximate surface area is 108 Å². The zero-order chi connectivity index (χ0) is 13.0. The van der Waals surface area contributed by atoms with E-state index in [0.29, 0.717) is 0 Å². The van der Waals surface area contributed by atoms with Gasteiger partial charge in [-0.25, -0.2) is 0 Å². The van der Waals surface area contributed by atoms with Crippen molar-refractivity contribution in [1.82, 2.24) is 0 Å². The summed E-state index contributed by atoms with van der Waals surface area (Å²) in [5.74, 6) is 0.865. The molecule has 0 aliphatic carbocycles. The first-order valence-corrected chi connectivity index (χ1v) is 6.24. The number of benzene rings is 2. The molecule has 2 heteroatoms. The largest absolute Gasteiger partial charge is 0.486 e. The molecular formula is C16H19NO. The molecule has 2 atom stereocenters. The van der Waals surface area contributed by atoms with Gasteiger partial charge in [-0.05, 0) is 25.5 Å². The molecule has 2 nitrogen and oxygen atoms in total. The third kappa shape index (κ3) is 2.90. The van der Waals surface area contributed by atoms with Gasteiger partial charge in [0.1, 0.15) is 11.9 Å². The quantitative estimate of drug-likeness (QED) is 0.882. The Kier molecular flexibility index (Phi) is 4.00. The average Bonchev–Trinajstić information content (AvgIpc) is 2.40. The van der Waals surface area contributed by atoms with Crippen molar-refractivity contribution in [2.75, 3.05) is 0 Å². The molecule has 18 heavy (non-hydrogen) atoms. The summed E-state index contributed by atoms with van der Waals surface area (Å²) >= 11 is 0. The molecule has 2 rings (SSSR count). The van der Waals surface area contributed by atoms with Crippen LogP contribution in [0.5, 0.6) is 5.75 Å². The fraction of sp³-hybridized carbons (Fsp3) is 0.250. The van der Waals surface area contributed by atoms with Gasteiger partial charge in [0.15, 0.2) is 0 Å². The second kappa shape index (κ2) is 5.69. The number of para-hydroxylation sites is 1. The van der Waals surface area contributed by atoms with Gasteiger partial charge in [-0.3, -0.25) is 0 Å². The van der Waals surface area contributed by atoms with Gasteiger partial charge in [0, 0.05) is 11.6 Å². The summed E-state index contributed by atoms with van der Waals surface area (Å²) in [6, 6.07) is 18.1. The summed E-state index contributed by atoms with van der Waals surface area (Å²) in [6.07, 6.45) is 0.0195. The van der Waals surface area contributed by atoms with E-state index in [1.807, 2.05) is 56.3 Å². The van der Waals surface area contributed by atoms with Gasteiger partial charge in [0.05, 0.1) is 0 Å². The lowest BCUT2D eigenvalue weighted by molar-refractivity contribution is 0.223. The van der Waals surface area contributed by atoms with E-state index in [9.17, 15) is 0 Å². The second-order valence-corrected chi connectivity index (χ2v) is 4.50. The van der Waals surface area contributed by atoms with E-state index in [0.717, 1.165) is 16.9 Å². The Hall–Kier alpha value is -1.80. The molecule has 0 aromatic heterocycles. The standard InChI is InChI=1S/C16H19NO/c1-12(17)15-10-6-7-11-16(15)18-13(2)14-8-4-3-5-9-14/h3-13H,17H2,1-2H3. The number of ether oxygens (including phenoxy) is 1. The Morgan fingerprint density at radius 1 is 0.889 bits per heavy atom. The van der Waals surface area contributed by atoms with Gasteiger partial charge >= 0.3 is 0 Å². The minimum Gasteiger partial charge on any atom is -0.486 e. The maximum absolute atomic E-state index is 6.01. The Morgan fingerprint density at radius 2 is 1.50 bits per heavy atom. The van der Waals surface area contributed by atoms with Crippen molar-refractivity contribution >= 4 is 0 Å². The SMILES string of the molecule is CC(N)c1ccccc1OC(C)c1ccccc1. The minimum atomic E-state index is -0.0239. The van der Waals surface area contributed by atoms with Crippen LogP contribution in [0.2, 0.25) is 0 Å². The topological polar surface area (TPSA) is 35.2 Å². The number of hydrogen-bond acceptors (Lipinski definition) is 2. The van der Waals surface area contributed by atoms with Gasteiger partial charge in [-0.2, -0.15) is 0 Å². The van der Waals surface area contributed by atoms with E-state index in [2.05, 4.69) is 12.1 Å². The summed E-state index contributed by atoms with van der Waals surface area (Å²) in [6.45, 7) is 4.02. The van der Waals surface area contributed by atoms with Crippen LogP contribution in [0.25, 0.3) is 0 Å². The average molecular weight is 241 g/mol. The van der Waals surface area contributed by atoms with Crippen LogP contribution in [0.15, 0.2) is 54.6 Å². The summed E-state index contributed by atoms with van der Waals surface area (Å²) < 4.78 is 6.01. The lowest BCUT2D eigenvalue weighted by atomic mass is 10.1. The first-order valence-electron chi connectivity index (χ1n) is 6.24. The van der Waals surface area contributed by atoms with Crippen LogP contribution in [0.3, 0.4) is 0 Å². The van der Waals surface area contributed by atoms with Crippen LogP contribution < -0.4 is 10.5 Å². The monoisotopic (exact) mass is 241 g/mol. The summed E-state index contributed by atoms with van der Waals surface area (Å²) in [5.41, 5.74) is 8.15. The molecule has 0 amide bonds. The first-order chi connectivity index (χ1) is 8.68. The molecule has 0 aliphatic rings. The van der Waals surface area contributed by atoms with Crippen molar-refractivity contribution < 1.29 is 4.74 Å². The van der Waals surface area contributed by atoms with Crippen molar-refractivity contribution in [2.45, 2.75) is 26.0 Å². The van der Waals surface area contributed by atoms with Crippen molar-refractivity contribution in [3.63, 3.8) is 0 Å². The van der Waals surface area contributed by atoms with Gasteiger partial charge in [-0.15, -0.1) is 0 Å². The van der Waals surface area contributed by atoms with Gasteiger partial charge < -0.3 is 10.5 Å². The lowest BCUT2D eigenvalue weighted by Crippen LogP contribution is -2.10.